The second-order valence-electron chi connectivity index (χ2n) is 2.46. The number of carbonyl (C=O) groups is 2. The van der Waals surface area contributed by atoms with Gasteiger partial charge in [0.2, 0.25) is 6.41 Å². The van der Waals surface area contributed by atoms with Crippen LogP contribution in [0.1, 0.15) is 0 Å². The third-order valence-corrected chi connectivity index (χ3v) is 1.54. The molecular formula is C9H10N2O3. The molecular weight excluding hydrogens is 184 g/mol. The monoisotopic (exact) mass is 194 g/mol. The number of carbonyl (C=O) groups excluding carboxylic acids is 2. The van der Waals surface area contributed by atoms with Gasteiger partial charge in [-0.05, 0) is 24.3 Å². The van der Waals surface area contributed by atoms with Crippen molar-refractivity contribution in [3.05, 3.63) is 24.3 Å². The highest BCUT2D eigenvalue weighted by molar-refractivity contribution is 5.85. The molecule has 0 aliphatic carbocycles. The lowest BCUT2D eigenvalue weighted by Crippen LogP contribution is -2.10. The van der Waals surface area contributed by atoms with Crippen LogP contribution in [-0.2, 0) is 9.53 Å². The number of anilines is 2. The molecule has 5 nitrogen and oxygen atoms in total. The molecule has 74 valence electrons. The summed E-state index contributed by atoms with van der Waals surface area (Å²) in [5.74, 6) is 0. The number of ether oxygens (including phenoxy) is 1. The molecule has 0 aliphatic heterocycles. The van der Waals surface area contributed by atoms with Gasteiger partial charge in [0, 0.05) is 11.4 Å². The maximum absolute atomic E-state index is 10.8. The quantitative estimate of drug-likeness (QED) is 0.715. The number of amides is 2. The van der Waals surface area contributed by atoms with E-state index in [1.54, 1.807) is 24.3 Å². The zero-order valence-corrected chi connectivity index (χ0v) is 7.61. The van der Waals surface area contributed by atoms with Gasteiger partial charge in [0.15, 0.2) is 0 Å². The van der Waals surface area contributed by atoms with E-state index in [1.807, 2.05) is 0 Å². The second kappa shape index (κ2) is 4.86. The van der Waals surface area contributed by atoms with Crippen molar-refractivity contribution >= 4 is 23.9 Å². The lowest BCUT2D eigenvalue weighted by Gasteiger charge is -2.04. The van der Waals surface area contributed by atoms with Crippen LogP contribution in [0.5, 0.6) is 0 Å². The number of hydrogen-bond donors (Lipinski definition) is 2. The Morgan fingerprint density at radius 3 is 2.36 bits per heavy atom. The van der Waals surface area contributed by atoms with Gasteiger partial charge in [0.25, 0.3) is 0 Å². The van der Waals surface area contributed by atoms with Gasteiger partial charge in [0.1, 0.15) is 0 Å². The van der Waals surface area contributed by atoms with Crippen LogP contribution in [0, 0.1) is 0 Å². The van der Waals surface area contributed by atoms with E-state index in [0.717, 1.165) is 0 Å². The third kappa shape index (κ3) is 2.78. The molecule has 2 N–H and O–H groups in total. The molecule has 1 rings (SSSR count). The molecule has 0 spiro atoms. The van der Waals surface area contributed by atoms with Crippen LogP contribution in [0.4, 0.5) is 16.2 Å². The Kier molecular flexibility index (Phi) is 3.49. The Labute approximate surface area is 81.1 Å². The first kappa shape index (κ1) is 10.0. The predicted octanol–water partition coefficient (Wildman–Crippen LogP) is 1.43. The van der Waals surface area contributed by atoms with Crippen LogP contribution in [-0.4, -0.2) is 19.6 Å². The molecule has 0 unspecified atom stereocenters. The number of hydrogen-bond acceptors (Lipinski definition) is 3. The Morgan fingerprint density at radius 1 is 1.29 bits per heavy atom. The number of rotatable bonds is 3. The van der Waals surface area contributed by atoms with Gasteiger partial charge in [-0.1, -0.05) is 0 Å². The molecule has 0 bridgehead atoms. The van der Waals surface area contributed by atoms with E-state index in [4.69, 9.17) is 0 Å². The summed E-state index contributed by atoms with van der Waals surface area (Å²) >= 11 is 0. The normalized spacial score (nSPS) is 8.93. The van der Waals surface area contributed by atoms with Gasteiger partial charge in [-0.2, -0.15) is 0 Å². The minimum atomic E-state index is -0.527. The van der Waals surface area contributed by atoms with E-state index >= 15 is 0 Å². The van der Waals surface area contributed by atoms with Gasteiger partial charge < -0.3 is 10.1 Å². The number of nitrogens with one attached hydrogen (secondary N) is 2. The van der Waals surface area contributed by atoms with Crippen LogP contribution < -0.4 is 10.6 Å². The van der Waals surface area contributed by atoms with Crippen LogP contribution >= 0.6 is 0 Å². The van der Waals surface area contributed by atoms with Crippen molar-refractivity contribution in [1.82, 2.24) is 0 Å². The molecule has 14 heavy (non-hydrogen) atoms. The summed E-state index contributed by atoms with van der Waals surface area (Å²) in [5, 5.41) is 4.96. The highest BCUT2D eigenvalue weighted by Gasteiger charge is 1.99. The first-order valence-electron chi connectivity index (χ1n) is 3.91. The summed E-state index contributed by atoms with van der Waals surface area (Å²) in [6, 6.07) is 6.64. The topological polar surface area (TPSA) is 67.4 Å². The lowest BCUT2D eigenvalue weighted by molar-refractivity contribution is -0.105. The Hall–Kier alpha value is -2.04. The molecule has 0 atom stereocenters. The van der Waals surface area contributed by atoms with Gasteiger partial charge in [-0.3, -0.25) is 10.1 Å². The van der Waals surface area contributed by atoms with E-state index < -0.39 is 6.09 Å². The van der Waals surface area contributed by atoms with E-state index in [9.17, 15) is 9.59 Å². The minimum absolute atomic E-state index is 0.527. The van der Waals surface area contributed by atoms with Crippen LogP contribution in [0.3, 0.4) is 0 Å². The molecule has 1 aromatic rings. The largest absolute Gasteiger partial charge is 0.453 e. The second-order valence-corrected chi connectivity index (χ2v) is 2.46. The summed E-state index contributed by atoms with van der Waals surface area (Å²) in [6.45, 7) is 0. The first-order valence-corrected chi connectivity index (χ1v) is 3.91. The van der Waals surface area contributed by atoms with E-state index in [-0.39, 0.29) is 0 Å². The molecule has 0 aromatic heterocycles. The van der Waals surface area contributed by atoms with Crippen molar-refractivity contribution in [2.24, 2.45) is 0 Å². The average Bonchev–Trinajstić information content (AvgIpc) is 2.21. The van der Waals surface area contributed by atoms with E-state index in [0.29, 0.717) is 17.8 Å². The SMILES string of the molecule is COC(=O)Nc1ccc(NC=O)cc1. The molecule has 0 radical (unpaired) electrons. The fourth-order valence-corrected chi connectivity index (χ4v) is 0.887. The van der Waals surface area contributed by atoms with Crippen LogP contribution in [0.15, 0.2) is 24.3 Å². The zero-order valence-electron chi connectivity index (χ0n) is 7.61. The summed E-state index contributed by atoms with van der Waals surface area (Å²) in [6.07, 6.45) is 0.0593. The summed E-state index contributed by atoms with van der Waals surface area (Å²) < 4.78 is 4.41. The molecule has 0 aliphatic rings. The van der Waals surface area contributed by atoms with Gasteiger partial charge in [-0.15, -0.1) is 0 Å². The van der Waals surface area contributed by atoms with Crippen molar-refractivity contribution < 1.29 is 14.3 Å². The minimum Gasteiger partial charge on any atom is -0.453 e. The maximum Gasteiger partial charge on any atom is 0.411 e. The van der Waals surface area contributed by atoms with Gasteiger partial charge >= 0.3 is 6.09 Å². The van der Waals surface area contributed by atoms with Crippen LogP contribution in [0.2, 0.25) is 0 Å². The van der Waals surface area contributed by atoms with Crippen molar-refractivity contribution in [3.63, 3.8) is 0 Å². The van der Waals surface area contributed by atoms with Gasteiger partial charge in [0.05, 0.1) is 7.11 Å². The summed E-state index contributed by atoms with van der Waals surface area (Å²) in [4.78, 5) is 20.9. The Balaban J connectivity index is 2.63. The summed E-state index contributed by atoms with van der Waals surface area (Å²) in [5.41, 5.74) is 1.27. The lowest BCUT2D eigenvalue weighted by atomic mass is 10.3. The van der Waals surface area contributed by atoms with Crippen molar-refractivity contribution in [3.8, 4) is 0 Å². The highest BCUT2D eigenvalue weighted by Crippen LogP contribution is 2.12. The Morgan fingerprint density at radius 2 is 1.86 bits per heavy atom. The zero-order chi connectivity index (χ0) is 10.4. The molecule has 0 saturated heterocycles. The molecule has 0 heterocycles. The average molecular weight is 194 g/mol. The molecule has 5 heteroatoms. The molecule has 1 aromatic carbocycles. The molecule has 0 fully saturated rings. The molecule has 2 amide bonds. The van der Waals surface area contributed by atoms with Gasteiger partial charge in [-0.25, -0.2) is 4.79 Å². The standard InChI is InChI=1S/C9H10N2O3/c1-14-9(13)11-8-4-2-7(3-5-8)10-6-12/h2-6H,1H3,(H,10,12)(H,11,13). The molecule has 0 saturated carbocycles. The van der Waals surface area contributed by atoms with Crippen molar-refractivity contribution in [2.45, 2.75) is 0 Å². The first-order chi connectivity index (χ1) is 6.76. The highest BCUT2D eigenvalue weighted by atomic mass is 16.5. The number of benzene rings is 1. The Bertz CT molecular complexity index is 321. The van der Waals surface area contributed by atoms with E-state index in [2.05, 4.69) is 15.4 Å². The maximum atomic E-state index is 10.8. The fraction of sp³-hybridized carbons (Fsp3) is 0.111. The smallest absolute Gasteiger partial charge is 0.411 e. The summed E-state index contributed by atoms with van der Waals surface area (Å²) in [7, 11) is 1.29. The van der Waals surface area contributed by atoms with E-state index in [1.165, 1.54) is 7.11 Å². The predicted molar refractivity (Wildman–Crippen MR) is 52.2 cm³/mol. The number of methoxy groups -OCH3 is 1. The van der Waals surface area contributed by atoms with Crippen molar-refractivity contribution in [2.75, 3.05) is 17.7 Å². The fourth-order valence-electron chi connectivity index (χ4n) is 0.887. The van der Waals surface area contributed by atoms with Crippen LogP contribution in [0.25, 0.3) is 0 Å². The third-order valence-electron chi connectivity index (χ3n) is 1.54. The van der Waals surface area contributed by atoms with Crippen molar-refractivity contribution in [1.29, 1.82) is 0 Å².